The first-order valence-corrected chi connectivity index (χ1v) is 4.81. The van der Waals surface area contributed by atoms with Gasteiger partial charge < -0.3 is 11.1 Å². The van der Waals surface area contributed by atoms with E-state index in [1.54, 1.807) is 0 Å². The SMILES string of the molecule is CC1CCNC(C(F)CCN)C1. The minimum atomic E-state index is -0.752. The van der Waals surface area contributed by atoms with E-state index in [9.17, 15) is 4.39 Å². The van der Waals surface area contributed by atoms with Crippen molar-refractivity contribution in [2.45, 2.75) is 38.4 Å². The first kappa shape index (κ1) is 9.93. The molecule has 3 atom stereocenters. The standard InChI is InChI=1S/C9H19FN2/c1-7-3-5-12-9(6-7)8(10)2-4-11/h7-9,12H,2-6,11H2,1H3. The summed E-state index contributed by atoms with van der Waals surface area (Å²) < 4.78 is 13.3. The third-order valence-electron chi connectivity index (χ3n) is 2.58. The van der Waals surface area contributed by atoms with E-state index in [-0.39, 0.29) is 6.04 Å². The number of alkyl halides is 1. The molecule has 1 rings (SSSR count). The lowest BCUT2D eigenvalue weighted by molar-refractivity contribution is 0.184. The van der Waals surface area contributed by atoms with Gasteiger partial charge in [0.2, 0.25) is 0 Å². The normalized spacial score (nSPS) is 33.2. The molecule has 0 radical (unpaired) electrons. The summed E-state index contributed by atoms with van der Waals surface area (Å²) in [6, 6.07) is 0.0531. The third-order valence-corrected chi connectivity index (χ3v) is 2.58. The Kier molecular flexibility index (Phi) is 3.95. The molecule has 3 unspecified atom stereocenters. The number of rotatable bonds is 3. The first-order chi connectivity index (χ1) is 5.74. The van der Waals surface area contributed by atoms with Crippen molar-refractivity contribution in [3.63, 3.8) is 0 Å². The smallest absolute Gasteiger partial charge is 0.117 e. The molecule has 3 N–H and O–H groups in total. The van der Waals surface area contributed by atoms with Gasteiger partial charge in [0.25, 0.3) is 0 Å². The van der Waals surface area contributed by atoms with Crippen molar-refractivity contribution in [1.29, 1.82) is 0 Å². The van der Waals surface area contributed by atoms with Gasteiger partial charge in [-0.2, -0.15) is 0 Å². The van der Waals surface area contributed by atoms with Crippen LogP contribution in [-0.2, 0) is 0 Å². The molecule has 0 saturated carbocycles. The number of nitrogens with one attached hydrogen (secondary N) is 1. The molecule has 1 aliphatic heterocycles. The number of nitrogens with two attached hydrogens (primary N) is 1. The number of halogens is 1. The Hall–Kier alpha value is -0.150. The summed E-state index contributed by atoms with van der Waals surface area (Å²) in [6.07, 6.45) is 1.87. The third kappa shape index (κ3) is 2.72. The summed E-state index contributed by atoms with van der Waals surface area (Å²) in [5, 5.41) is 3.20. The molecule has 72 valence electrons. The fraction of sp³-hybridized carbons (Fsp3) is 1.00. The molecule has 0 amide bonds. The predicted molar refractivity (Wildman–Crippen MR) is 48.8 cm³/mol. The summed E-state index contributed by atoms with van der Waals surface area (Å²) in [5.74, 6) is 0.660. The fourth-order valence-corrected chi connectivity index (χ4v) is 1.79. The van der Waals surface area contributed by atoms with Crippen molar-refractivity contribution in [2.75, 3.05) is 13.1 Å². The summed E-state index contributed by atoms with van der Waals surface area (Å²) in [5.41, 5.74) is 5.30. The minimum absolute atomic E-state index is 0.0531. The Labute approximate surface area is 73.7 Å². The fourth-order valence-electron chi connectivity index (χ4n) is 1.79. The Morgan fingerprint density at radius 1 is 1.67 bits per heavy atom. The van der Waals surface area contributed by atoms with E-state index in [2.05, 4.69) is 12.2 Å². The van der Waals surface area contributed by atoms with Gasteiger partial charge in [0.15, 0.2) is 0 Å². The minimum Gasteiger partial charge on any atom is -0.330 e. The Morgan fingerprint density at radius 3 is 3.00 bits per heavy atom. The Balaban J connectivity index is 2.29. The van der Waals surface area contributed by atoms with Gasteiger partial charge in [0, 0.05) is 6.04 Å². The van der Waals surface area contributed by atoms with Crippen molar-refractivity contribution in [1.82, 2.24) is 5.32 Å². The average molecular weight is 174 g/mol. The quantitative estimate of drug-likeness (QED) is 0.671. The van der Waals surface area contributed by atoms with Crippen molar-refractivity contribution in [2.24, 2.45) is 11.7 Å². The molecule has 0 spiro atoms. The molecular weight excluding hydrogens is 155 g/mol. The predicted octanol–water partition coefficient (Wildman–Crippen LogP) is 1.06. The van der Waals surface area contributed by atoms with Gasteiger partial charge in [0.05, 0.1) is 0 Å². The Bertz CT molecular complexity index is 130. The lowest BCUT2D eigenvalue weighted by Crippen LogP contribution is -2.44. The maximum atomic E-state index is 13.3. The van der Waals surface area contributed by atoms with Crippen LogP contribution >= 0.6 is 0 Å². The summed E-state index contributed by atoms with van der Waals surface area (Å²) >= 11 is 0. The molecule has 1 saturated heterocycles. The zero-order chi connectivity index (χ0) is 8.97. The number of piperidine rings is 1. The highest BCUT2D eigenvalue weighted by Crippen LogP contribution is 2.19. The largest absolute Gasteiger partial charge is 0.330 e. The molecule has 0 aliphatic carbocycles. The van der Waals surface area contributed by atoms with E-state index in [1.165, 1.54) is 6.42 Å². The maximum absolute atomic E-state index is 13.3. The molecule has 0 aromatic carbocycles. The van der Waals surface area contributed by atoms with Crippen LogP contribution in [0.3, 0.4) is 0 Å². The summed E-state index contributed by atoms with van der Waals surface area (Å²) in [4.78, 5) is 0. The van der Waals surface area contributed by atoms with Crippen LogP contribution in [-0.4, -0.2) is 25.3 Å². The van der Waals surface area contributed by atoms with E-state index in [4.69, 9.17) is 5.73 Å². The summed E-state index contributed by atoms with van der Waals surface area (Å²) in [7, 11) is 0. The molecule has 1 fully saturated rings. The van der Waals surface area contributed by atoms with Gasteiger partial charge in [-0.25, -0.2) is 4.39 Å². The zero-order valence-electron chi connectivity index (χ0n) is 7.72. The highest BCUT2D eigenvalue weighted by molar-refractivity contribution is 4.82. The molecule has 1 aliphatic rings. The molecule has 0 aromatic heterocycles. The van der Waals surface area contributed by atoms with Crippen LogP contribution in [0.15, 0.2) is 0 Å². The van der Waals surface area contributed by atoms with E-state index in [0.29, 0.717) is 18.9 Å². The maximum Gasteiger partial charge on any atom is 0.117 e. The van der Waals surface area contributed by atoms with Crippen LogP contribution < -0.4 is 11.1 Å². The van der Waals surface area contributed by atoms with Crippen LogP contribution in [0.25, 0.3) is 0 Å². The van der Waals surface area contributed by atoms with Crippen LogP contribution in [0.4, 0.5) is 4.39 Å². The molecule has 0 aromatic rings. The molecule has 3 heteroatoms. The van der Waals surface area contributed by atoms with E-state index >= 15 is 0 Å². The van der Waals surface area contributed by atoms with Crippen molar-refractivity contribution >= 4 is 0 Å². The first-order valence-electron chi connectivity index (χ1n) is 4.81. The van der Waals surface area contributed by atoms with Crippen LogP contribution in [0.5, 0.6) is 0 Å². The second-order valence-corrected chi connectivity index (χ2v) is 3.78. The lowest BCUT2D eigenvalue weighted by atomic mass is 9.91. The van der Waals surface area contributed by atoms with E-state index < -0.39 is 6.17 Å². The van der Waals surface area contributed by atoms with Crippen molar-refractivity contribution in [3.05, 3.63) is 0 Å². The van der Waals surface area contributed by atoms with E-state index in [1.807, 2.05) is 0 Å². The van der Waals surface area contributed by atoms with Crippen LogP contribution in [0.2, 0.25) is 0 Å². The van der Waals surface area contributed by atoms with Gasteiger partial charge >= 0.3 is 0 Å². The van der Waals surface area contributed by atoms with Crippen molar-refractivity contribution < 1.29 is 4.39 Å². The molecule has 2 nitrogen and oxygen atoms in total. The zero-order valence-corrected chi connectivity index (χ0v) is 7.72. The van der Waals surface area contributed by atoms with Crippen molar-refractivity contribution in [3.8, 4) is 0 Å². The summed E-state index contributed by atoms with van der Waals surface area (Å²) in [6.45, 7) is 3.59. The molecular formula is C9H19FN2. The van der Waals surface area contributed by atoms with Crippen LogP contribution in [0.1, 0.15) is 26.2 Å². The average Bonchev–Trinajstić information content (AvgIpc) is 2.05. The highest BCUT2D eigenvalue weighted by Gasteiger charge is 2.25. The molecule has 12 heavy (non-hydrogen) atoms. The van der Waals surface area contributed by atoms with Gasteiger partial charge in [0.1, 0.15) is 6.17 Å². The second-order valence-electron chi connectivity index (χ2n) is 3.78. The van der Waals surface area contributed by atoms with Gasteiger partial charge in [-0.1, -0.05) is 6.92 Å². The van der Waals surface area contributed by atoms with Gasteiger partial charge in [-0.15, -0.1) is 0 Å². The van der Waals surface area contributed by atoms with Gasteiger partial charge in [-0.05, 0) is 38.3 Å². The molecule has 0 bridgehead atoms. The monoisotopic (exact) mass is 174 g/mol. The molecule has 1 heterocycles. The lowest BCUT2D eigenvalue weighted by Gasteiger charge is -2.30. The number of hydrogen-bond acceptors (Lipinski definition) is 2. The van der Waals surface area contributed by atoms with E-state index in [0.717, 1.165) is 13.0 Å². The topological polar surface area (TPSA) is 38.0 Å². The highest BCUT2D eigenvalue weighted by atomic mass is 19.1. The van der Waals surface area contributed by atoms with Crippen LogP contribution in [0, 0.1) is 5.92 Å². The number of hydrogen-bond donors (Lipinski definition) is 2. The Morgan fingerprint density at radius 2 is 2.42 bits per heavy atom. The van der Waals surface area contributed by atoms with Gasteiger partial charge in [-0.3, -0.25) is 0 Å². The second kappa shape index (κ2) is 4.77.